The van der Waals surface area contributed by atoms with Crippen molar-refractivity contribution >= 4 is 5.91 Å². The number of hydrogen-bond acceptors (Lipinski definition) is 2. The molecular weight excluding hydrogens is 212 g/mol. The number of carbonyl (C=O) groups excluding carboxylic acids is 1. The van der Waals surface area contributed by atoms with Crippen molar-refractivity contribution in [3.05, 3.63) is 49.4 Å². The molecule has 0 heterocycles. The van der Waals surface area contributed by atoms with E-state index in [1.807, 2.05) is 44.0 Å². The summed E-state index contributed by atoms with van der Waals surface area (Å²) in [6.45, 7) is 11.1. The first-order valence-electron chi connectivity index (χ1n) is 5.53. The summed E-state index contributed by atoms with van der Waals surface area (Å²) in [6, 6.07) is 0.0404. The number of hydrogen-bond donors (Lipinski definition) is 0. The number of carbonyl (C=O) groups is 1. The SMILES string of the molecule is C=CC(=O)N(C)C(C)/C=C\C=C(/C)N(C)C=C. The van der Waals surface area contributed by atoms with Crippen molar-refractivity contribution in [2.75, 3.05) is 14.1 Å². The largest absolute Gasteiger partial charge is 0.355 e. The molecule has 1 atom stereocenters. The first kappa shape index (κ1) is 15.2. The lowest BCUT2D eigenvalue weighted by Gasteiger charge is -2.20. The predicted molar refractivity (Wildman–Crippen MR) is 73.3 cm³/mol. The summed E-state index contributed by atoms with van der Waals surface area (Å²) < 4.78 is 0. The standard InChI is InChI=1S/C14H22N2O/c1-7-14(17)16(6)13(4)11-9-10-12(3)15(5)8-2/h7-11,13H,1-2H2,3-6H3/b11-9-,12-10+. The molecule has 1 unspecified atom stereocenters. The molecule has 0 saturated heterocycles. The minimum absolute atomic E-state index is 0.0404. The van der Waals surface area contributed by atoms with Crippen LogP contribution in [0.1, 0.15) is 13.8 Å². The van der Waals surface area contributed by atoms with Crippen LogP contribution in [0.2, 0.25) is 0 Å². The molecule has 0 N–H and O–H groups in total. The molecule has 0 bridgehead atoms. The van der Waals surface area contributed by atoms with Crippen molar-refractivity contribution in [2.24, 2.45) is 0 Å². The van der Waals surface area contributed by atoms with Gasteiger partial charge in [-0.3, -0.25) is 4.79 Å². The Bertz CT molecular complexity index is 342. The van der Waals surface area contributed by atoms with E-state index in [-0.39, 0.29) is 11.9 Å². The Kier molecular flexibility index (Phi) is 6.71. The monoisotopic (exact) mass is 234 g/mol. The third-order valence-electron chi connectivity index (χ3n) is 2.69. The predicted octanol–water partition coefficient (Wildman–Crippen LogP) is 2.55. The number of nitrogens with zero attached hydrogens (tertiary/aromatic N) is 2. The zero-order valence-electron chi connectivity index (χ0n) is 11.2. The zero-order valence-corrected chi connectivity index (χ0v) is 11.2. The lowest BCUT2D eigenvalue weighted by Crippen LogP contribution is -2.32. The van der Waals surface area contributed by atoms with E-state index in [9.17, 15) is 4.79 Å². The Labute approximate surface area is 104 Å². The van der Waals surface area contributed by atoms with Crippen molar-refractivity contribution in [3.8, 4) is 0 Å². The average molecular weight is 234 g/mol. The summed E-state index contributed by atoms with van der Waals surface area (Å²) in [6.07, 6.45) is 8.94. The number of allylic oxidation sites excluding steroid dienone is 3. The van der Waals surface area contributed by atoms with Crippen LogP contribution in [-0.2, 0) is 4.79 Å². The lowest BCUT2D eigenvalue weighted by molar-refractivity contribution is -0.125. The molecule has 0 aliphatic carbocycles. The van der Waals surface area contributed by atoms with Gasteiger partial charge in [-0.2, -0.15) is 0 Å². The molecule has 0 saturated carbocycles. The van der Waals surface area contributed by atoms with Gasteiger partial charge in [-0.25, -0.2) is 0 Å². The molecule has 0 fully saturated rings. The molecule has 0 aromatic rings. The van der Waals surface area contributed by atoms with E-state index in [0.717, 1.165) is 5.70 Å². The van der Waals surface area contributed by atoms with Gasteiger partial charge in [-0.05, 0) is 32.2 Å². The highest BCUT2D eigenvalue weighted by Crippen LogP contribution is 2.02. The molecule has 3 nitrogen and oxygen atoms in total. The molecular formula is C14H22N2O. The van der Waals surface area contributed by atoms with E-state index in [2.05, 4.69) is 13.2 Å². The maximum atomic E-state index is 11.3. The summed E-state index contributed by atoms with van der Waals surface area (Å²) in [5.74, 6) is -0.0777. The summed E-state index contributed by atoms with van der Waals surface area (Å²) in [7, 11) is 3.69. The molecule has 94 valence electrons. The highest BCUT2D eigenvalue weighted by Gasteiger charge is 2.08. The van der Waals surface area contributed by atoms with Crippen molar-refractivity contribution in [3.63, 3.8) is 0 Å². The number of rotatable bonds is 6. The fourth-order valence-corrected chi connectivity index (χ4v) is 1.09. The first-order valence-corrected chi connectivity index (χ1v) is 5.53. The Morgan fingerprint density at radius 1 is 1.29 bits per heavy atom. The minimum Gasteiger partial charge on any atom is -0.355 e. The zero-order chi connectivity index (χ0) is 13.4. The van der Waals surface area contributed by atoms with Gasteiger partial charge in [0.1, 0.15) is 0 Å². The summed E-state index contributed by atoms with van der Waals surface area (Å²) in [5.41, 5.74) is 1.08. The van der Waals surface area contributed by atoms with E-state index in [1.54, 1.807) is 18.1 Å². The van der Waals surface area contributed by atoms with Crippen molar-refractivity contribution in [1.82, 2.24) is 9.80 Å². The van der Waals surface area contributed by atoms with Crippen LogP contribution in [-0.4, -0.2) is 35.8 Å². The van der Waals surface area contributed by atoms with E-state index >= 15 is 0 Å². The van der Waals surface area contributed by atoms with Crippen LogP contribution in [0, 0.1) is 0 Å². The molecule has 1 amide bonds. The average Bonchev–Trinajstić information content (AvgIpc) is 2.35. The minimum atomic E-state index is -0.0777. The fourth-order valence-electron chi connectivity index (χ4n) is 1.09. The number of amides is 1. The molecule has 0 radical (unpaired) electrons. The molecule has 0 aromatic carbocycles. The summed E-state index contributed by atoms with van der Waals surface area (Å²) >= 11 is 0. The van der Waals surface area contributed by atoms with Gasteiger partial charge in [0, 0.05) is 25.8 Å². The van der Waals surface area contributed by atoms with Crippen molar-refractivity contribution < 1.29 is 4.79 Å². The second-order valence-corrected chi connectivity index (χ2v) is 3.88. The highest BCUT2D eigenvalue weighted by molar-refractivity contribution is 5.87. The van der Waals surface area contributed by atoms with Crippen LogP contribution in [0.3, 0.4) is 0 Å². The molecule has 0 aliphatic heterocycles. The second kappa shape index (κ2) is 7.49. The van der Waals surface area contributed by atoms with Crippen LogP contribution in [0.25, 0.3) is 0 Å². The van der Waals surface area contributed by atoms with Gasteiger partial charge in [-0.15, -0.1) is 0 Å². The fraction of sp³-hybridized carbons (Fsp3) is 0.357. The maximum absolute atomic E-state index is 11.3. The molecule has 3 heteroatoms. The van der Waals surface area contributed by atoms with Crippen LogP contribution >= 0.6 is 0 Å². The van der Waals surface area contributed by atoms with Gasteiger partial charge < -0.3 is 9.80 Å². The van der Waals surface area contributed by atoms with Gasteiger partial charge in [0.25, 0.3) is 0 Å². The van der Waals surface area contributed by atoms with E-state index in [1.165, 1.54) is 6.08 Å². The lowest BCUT2D eigenvalue weighted by atomic mass is 10.2. The van der Waals surface area contributed by atoms with Crippen molar-refractivity contribution in [2.45, 2.75) is 19.9 Å². The molecule has 0 rings (SSSR count). The Balaban J connectivity index is 4.48. The molecule has 0 aromatic heterocycles. The normalized spacial score (nSPS) is 13.3. The van der Waals surface area contributed by atoms with Crippen LogP contribution in [0.4, 0.5) is 0 Å². The Hall–Kier alpha value is -1.77. The van der Waals surface area contributed by atoms with E-state index < -0.39 is 0 Å². The van der Waals surface area contributed by atoms with E-state index in [4.69, 9.17) is 0 Å². The second-order valence-electron chi connectivity index (χ2n) is 3.88. The van der Waals surface area contributed by atoms with Crippen molar-refractivity contribution in [1.29, 1.82) is 0 Å². The van der Waals surface area contributed by atoms with Crippen LogP contribution < -0.4 is 0 Å². The van der Waals surface area contributed by atoms with Crippen LogP contribution in [0.5, 0.6) is 0 Å². The summed E-state index contributed by atoms with van der Waals surface area (Å²) in [5, 5.41) is 0. The van der Waals surface area contributed by atoms with E-state index in [0.29, 0.717) is 0 Å². The van der Waals surface area contributed by atoms with Gasteiger partial charge in [-0.1, -0.05) is 25.3 Å². The molecule has 17 heavy (non-hydrogen) atoms. The molecule has 0 spiro atoms. The van der Waals surface area contributed by atoms with Crippen LogP contribution in [0.15, 0.2) is 49.4 Å². The van der Waals surface area contributed by atoms with Gasteiger partial charge in [0.2, 0.25) is 5.91 Å². The Morgan fingerprint density at radius 3 is 2.35 bits per heavy atom. The topological polar surface area (TPSA) is 23.6 Å². The number of likely N-dealkylation sites (N-methyl/N-ethyl adjacent to an activating group) is 1. The third-order valence-corrected chi connectivity index (χ3v) is 2.69. The smallest absolute Gasteiger partial charge is 0.246 e. The quantitative estimate of drug-likeness (QED) is 0.521. The first-order chi connectivity index (χ1) is 7.93. The van der Waals surface area contributed by atoms with Gasteiger partial charge in [0.15, 0.2) is 0 Å². The third kappa shape index (κ3) is 5.20. The van der Waals surface area contributed by atoms with Gasteiger partial charge in [0.05, 0.1) is 0 Å². The maximum Gasteiger partial charge on any atom is 0.246 e. The Morgan fingerprint density at radius 2 is 1.88 bits per heavy atom. The van der Waals surface area contributed by atoms with Gasteiger partial charge >= 0.3 is 0 Å². The highest BCUT2D eigenvalue weighted by atomic mass is 16.2. The molecule has 0 aliphatic rings. The summed E-state index contributed by atoms with van der Waals surface area (Å²) in [4.78, 5) is 14.9.